The Morgan fingerprint density at radius 2 is 2.00 bits per heavy atom. The van der Waals surface area contributed by atoms with Gasteiger partial charge in [0.2, 0.25) is 0 Å². The quantitative estimate of drug-likeness (QED) is 0.791. The van der Waals surface area contributed by atoms with Gasteiger partial charge in [0.15, 0.2) is 0 Å². The average Bonchev–Trinajstić information content (AvgIpc) is 2.25. The van der Waals surface area contributed by atoms with Gasteiger partial charge >= 0.3 is 5.97 Å². The number of benzene rings is 1. The molecule has 0 aliphatic heterocycles. The largest absolute Gasteiger partial charge is 0.478 e. The molecule has 86 valence electrons. The summed E-state index contributed by atoms with van der Waals surface area (Å²) in [7, 11) is 2.00. The van der Waals surface area contributed by atoms with Crippen LogP contribution in [-0.4, -0.2) is 24.2 Å². The van der Waals surface area contributed by atoms with E-state index in [-0.39, 0.29) is 0 Å². The molecular weight excluding hydrogens is 202 g/mol. The van der Waals surface area contributed by atoms with Crippen LogP contribution in [0, 0.1) is 0 Å². The fourth-order valence-corrected chi connectivity index (χ4v) is 1.39. The highest BCUT2D eigenvalue weighted by Gasteiger charge is 2.07. The lowest BCUT2D eigenvalue weighted by Crippen LogP contribution is -2.26. The van der Waals surface area contributed by atoms with Gasteiger partial charge in [-0.25, -0.2) is 4.79 Å². The van der Waals surface area contributed by atoms with E-state index in [1.165, 1.54) is 0 Å². The molecule has 0 radical (unpaired) electrons. The number of anilines is 1. The molecule has 0 bridgehead atoms. The van der Waals surface area contributed by atoms with Crippen molar-refractivity contribution in [1.29, 1.82) is 0 Å². The first-order valence-corrected chi connectivity index (χ1v) is 5.25. The molecule has 1 rings (SSSR count). The van der Waals surface area contributed by atoms with E-state index in [2.05, 4.69) is 18.7 Å². The Balaban J connectivity index is 3.05. The normalized spacial score (nSPS) is 11.0. The molecule has 0 atom stereocenters. The molecule has 0 saturated carbocycles. The second-order valence-corrected chi connectivity index (χ2v) is 3.94. The summed E-state index contributed by atoms with van der Waals surface area (Å²) in [5, 5.41) is 8.61. The predicted molar refractivity (Wildman–Crippen MR) is 66.7 cm³/mol. The van der Waals surface area contributed by atoms with Gasteiger partial charge in [-0.05, 0) is 31.6 Å². The first-order chi connectivity index (χ1) is 7.52. The molecule has 1 N–H and O–H groups in total. The van der Waals surface area contributed by atoms with Crippen molar-refractivity contribution < 1.29 is 9.90 Å². The van der Waals surface area contributed by atoms with E-state index in [0.717, 1.165) is 17.3 Å². The highest BCUT2D eigenvalue weighted by molar-refractivity contribution is 5.87. The number of carbonyl (C=O) groups is 1. The number of carboxylic acids is 1. The third kappa shape index (κ3) is 3.12. The highest BCUT2D eigenvalue weighted by atomic mass is 16.4. The smallest absolute Gasteiger partial charge is 0.328 e. The van der Waals surface area contributed by atoms with Crippen molar-refractivity contribution in [3.63, 3.8) is 0 Å². The van der Waals surface area contributed by atoms with Gasteiger partial charge in [-0.3, -0.25) is 0 Å². The van der Waals surface area contributed by atoms with Crippen LogP contribution in [0.15, 0.2) is 30.3 Å². The van der Waals surface area contributed by atoms with Gasteiger partial charge in [0.05, 0.1) is 0 Å². The van der Waals surface area contributed by atoms with Crippen LogP contribution in [0.5, 0.6) is 0 Å². The molecule has 3 heteroatoms. The molecule has 16 heavy (non-hydrogen) atoms. The SMILES string of the molecule is CC(C)N(C)c1ccccc1/C=C/C(=O)O. The molecule has 0 unspecified atom stereocenters. The van der Waals surface area contributed by atoms with Crippen molar-refractivity contribution in [2.45, 2.75) is 19.9 Å². The molecule has 0 aliphatic carbocycles. The van der Waals surface area contributed by atoms with E-state index in [0.29, 0.717) is 6.04 Å². The molecule has 1 aromatic rings. The van der Waals surface area contributed by atoms with Crippen LogP contribution in [0.3, 0.4) is 0 Å². The number of nitrogens with zero attached hydrogens (tertiary/aromatic N) is 1. The third-order valence-electron chi connectivity index (χ3n) is 2.50. The zero-order valence-corrected chi connectivity index (χ0v) is 9.84. The number of para-hydroxylation sites is 1. The van der Waals surface area contributed by atoms with E-state index in [1.54, 1.807) is 6.08 Å². The lowest BCUT2D eigenvalue weighted by atomic mass is 10.1. The Morgan fingerprint density at radius 1 is 1.38 bits per heavy atom. The fraction of sp³-hybridized carbons (Fsp3) is 0.308. The average molecular weight is 219 g/mol. The van der Waals surface area contributed by atoms with Crippen molar-refractivity contribution in [3.8, 4) is 0 Å². The van der Waals surface area contributed by atoms with Crippen LogP contribution in [-0.2, 0) is 4.79 Å². The summed E-state index contributed by atoms with van der Waals surface area (Å²) in [4.78, 5) is 12.6. The van der Waals surface area contributed by atoms with Crippen LogP contribution < -0.4 is 4.90 Å². The van der Waals surface area contributed by atoms with Crippen molar-refractivity contribution in [1.82, 2.24) is 0 Å². The van der Waals surface area contributed by atoms with Gasteiger partial charge in [0.1, 0.15) is 0 Å². The molecule has 0 heterocycles. The van der Waals surface area contributed by atoms with Crippen LogP contribution in [0.4, 0.5) is 5.69 Å². The number of aliphatic carboxylic acids is 1. The zero-order chi connectivity index (χ0) is 12.1. The van der Waals surface area contributed by atoms with Crippen molar-refractivity contribution >= 4 is 17.7 Å². The maximum Gasteiger partial charge on any atom is 0.328 e. The predicted octanol–water partition coefficient (Wildman–Crippen LogP) is 2.63. The van der Waals surface area contributed by atoms with Gasteiger partial charge in [-0.2, -0.15) is 0 Å². The van der Waals surface area contributed by atoms with Crippen molar-refractivity contribution in [3.05, 3.63) is 35.9 Å². The number of carboxylic acid groups (broad SMARTS) is 1. The van der Waals surface area contributed by atoms with Gasteiger partial charge in [0, 0.05) is 24.9 Å². The number of hydrogen-bond acceptors (Lipinski definition) is 2. The molecule has 0 aromatic heterocycles. The third-order valence-corrected chi connectivity index (χ3v) is 2.50. The Kier molecular flexibility index (Phi) is 4.11. The maximum absolute atomic E-state index is 10.5. The van der Waals surface area contributed by atoms with Crippen LogP contribution >= 0.6 is 0 Å². The molecule has 3 nitrogen and oxygen atoms in total. The number of hydrogen-bond donors (Lipinski definition) is 1. The standard InChI is InChI=1S/C13H17NO2/c1-10(2)14(3)12-7-5-4-6-11(12)8-9-13(15)16/h4-10H,1-3H3,(H,15,16)/b9-8+. The van der Waals surface area contributed by atoms with Crippen LogP contribution in [0.2, 0.25) is 0 Å². The first-order valence-electron chi connectivity index (χ1n) is 5.25. The summed E-state index contributed by atoms with van der Waals surface area (Å²) in [6.45, 7) is 4.19. The lowest BCUT2D eigenvalue weighted by Gasteiger charge is -2.25. The maximum atomic E-state index is 10.5. The molecule has 1 aromatic carbocycles. The van der Waals surface area contributed by atoms with Gasteiger partial charge < -0.3 is 10.0 Å². The topological polar surface area (TPSA) is 40.5 Å². The second kappa shape index (κ2) is 5.35. The summed E-state index contributed by atoms with van der Waals surface area (Å²) in [6, 6.07) is 8.13. The van der Waals surface area contributed by atoms with E-state index in [9.17, 15) is 4.79 Å². The minimum absolute atomic E-state index is 0.374. The van der Waals surface area contributed by atoms with E-state index < -0.39 is 5.97 Å². The van der Waals surface area contributed by atoms with Crippen molar-refractivity contribution in [2.75, 3.05) is 11.9 Å². The summed E-state index contributed by atoms with van der Waals surface area (Å²) < 4.78 is 0. The van der Waals surface area contributed by atoms with E-state index >= 15 is 0 Å². The molecule has 0 fully saturated rings. The summed E-state index contributed by atoms with van der Waals surface area (Å²) in [5.41, 5.74) is 1.95. The van der Waals surface area contributed by atoms with Crippen LogP contribution in [0.1, 0.15) is 19.4 Å². The minimum Gasteiger partial charge on any atom is -0.478 e. The minimum atomic E-state index is -0.929. The fourth-order valence-electron chi connectivity index (χ4n) is 1.39. The Hall–Kier alpha value is -1.77. The van der Waals surface area contributed by atoms with Crippen LogP contribution in [0.25, 0.3) is 6.08 Å². The Labute approximate surface area is 96.0 Å². The van der Waals surface area contributed by atoms with Gasteiger partial charge in [0.25, 0.3) is 0 Å². The molecule has 0 spiro atoms. The van der Waals surface area contributed by atoms with E-state index in [4.69, 9.17) is 5.11 Å². The second-order valence-electron chi connectivity index (χ2n) is 3.94. The summed E-state index contributed by atoms with van der Waals surface area (Å²) in [6.07, 6.45) is 2.78. The molecule has 0 amide bonds. The molecular formula is C13H17NO2. The van der Waals surface area contributed by atoms with Crippen molar-refractivity contribution in [2.24, 2.45) is 0 Å². The zero-order valence-electron chi connectivity index (χ0n) is 9.84. The first kappa shape index (κ1) is 12.3. The lowest BCUT2D eigenvalue weighted by molar-refractivity contribution is -0.131. The Morgan fingerprint density at radius 3 is 2.56 bits per heavy atom. The van der Waals surface area contributed by atoms with Gasteiger partial charge in [-0.1, -0.05) is 18.2 Å². The van der Waals surface area contributed by atoms with E-state index in [1.807, 2.05) is 31.3 Å². The summed E-state index contributed by atoms with van der Waals surface area (Å²) in [5.74, 6) is -0.929. The summed E-state index contributed by atoms with van der Waals surface area (Å²) >= 11 is 0. The molecule has 0 aliphatic rings. The highest BCUT2D eigenvalue weighted by Crippen LogP contribution is 2.22. The number of rotatable bonds is 4. The Bertz CT molecular complexity index is 397. The molecule has 0 saturated heterocycles. The monoisotopic (exact) mass is 219 g/mol. The van der Waals surface area contributed by atoms with Gasteiger partial charge in [-0.15, -0.1) is 0 Å².